The molecule has 9 heteroatoms. The molecule has 0 unspecified atom stereocenters. The van der Waals surface area contributed by atoms with Crippen molar-refractivity contribution in [3.05, 3.63) is 30.3 Å². The molecule has 2 aliphatic heterocycles. The average molecular weight is 515 g/mol. The molecule has 0 bridgehead atoms. The van der Waals surface area contributed by atoms with Gasteiger partial charge in [0.1, 0.15) is 29.9 Å². The van der Waals surface area contributed by atoms with E-state index in [1.165, 1.54) is 11.8 Å². The second kappa shape index (κ2) is 10.8. The molecular formula is C24H42O6SSi2. The van der Waals surface area contributed by atoms with Crippen LogP contribution in [0.1, 0.15) is 55.4 Å². The van der Waals surface area contributed by atoms with E-state index in [4.69, 9.17) is 17.7 Å². The van der Waals surface area contributed by atoms with Gasteiger partial charge in [-0.15, -0.1) is 0 Å². The van der Waals surface area contributed by atoms with Crippen molar-refractivity contribution < 1.29 is 27.9 Å². The topological polar surface area (TPSA) is 77.4 Å². The van der Waals surface area contributed by atoms with Gasteiger partial charge in [0.25, 0.3) is 0 Å². The Morgan fingerprint density at radius 1 is 0.818 bits per heavy atom. The predicted octanol–water partition coefficient (Wildman–Crippen LogP) is 5.18. The maximum atomic E-state index is 11.2. The van der Waals surface area contributed by atoms with Crippen LogP contribution in [0.3, 0.4) is 0 Å². The number of rotatable bonds is 6. The Bertz CT molecular complexity index is 747. The molecule has 1 aromatic carbocycles. The van der Waals surface area contributed by atoms with Gasteiger partial charge in [-0.1, -0.05) is 85.4 Å². The van der Waals surface area contributed by atoms with E-state index in [1.807, 2.05) is 30.3 Å². The summed E-state index contributed by atoms with van der Waals surface area (Å²) < 4.78 is 27.2. The zero-order chi connectivity index (χ0) is 24.6. The highest BCUT2D eigenvalue weighted by Gasteiger charge is 2.61. The van der Waals surface area contributed by atoms with Gasteiger partial charge in [-0.2, -0.15) is 0 Å². The summed E-state index contributed by atoms with van der Waals surface area (Å²) in [5, 5.41) is 22.2. The Morgan fingerprint density at radius 3 is 1.88 bits per heavy atom. The van der Waals surface area contributed by atoms with Crippen LogP contribution in [0.5, 0.6) is 0 Å². The average Bonchev–Trinajstić information content (AvgIpc) is 2.73. The fourth-order valence-electron chi connectivity index (χ4n) is 5.05. The first kappa shape index (κ1) is 27.4. The van der Waals surface area contributed by atoms with Gasteiger partial charge in [-0.3, -0.25) is 0 Å². The van der Waals surface area contributed by atoms with Crippen LogP contribution in [0.15, 0.2) is 35.2 Å². The minimum Gasteiger partial charge on any atom is -0.414 e. The van der Waals surface area contributed by atoms with Crippen molar-refractivity contribution in [2.45, 2.75) is 112 Å². The molecule has 6 nitrogen and oxygen atoms in total. The van der Waals surface area contributed by atoms with Gasteiger partial charge in [-0.05, 0) is 34.3 Å². The number of hydrogen-bond donors (Lipinski definition) is 2. The summed E-state index contributed by atoms with van der Waals surface area (Å²) >= 11 is 1.42. The number of thioether (sulfide) groups is 1. The van der Waals surface area contributed by atoms with Crippen molar-refractivity contribution in [2.75, 3.05) is 6.61 Å². The third-order valence-electron chi connectivity index (χ3n) is 6.97. The Labute approximate surface area is 205 Å². The van der Waals surface area contributed by atoms with Crippen molar-refractivity contribution in [3.8, 4) is 0 Å². The van der Waals surface area contributed by atoms with E-state index in [0.717, 1.165) is 4.90 Å². The van der Waals surface area contributed by atoms with Gasteiger partial charge >= 0.3 is 17.1 Å². The summed E-state index contributed by atoms with van der Waals surface area (Å²) in [6.07, 6.45) is -3.36. The fraction of sp³-hybridized carbons (Fsp3) is 0.750. The summed E-state index contributed by atoms with van der Waals surface area (Å²) in [4.78, 5) is 0.976. The Balaban J connectivity index is 1.99. The van der Waals surface area contributed by atoms with Crippen molar-refractivity contribution in [2.24, 2.45) is 0 Å². The molecule has 0 aromatic heterocycles. The molecule has 3 rings (SSSR count). The highest BCUT2D eigenvalue weighted by Crippen LogP contribution is 2.47. The molecule has 0 spiro atoms. The lowest BCUT2D eigenvalue weighted by Gasteiger charge is -2.54. The summed E-state index contributed by atoms with van der Waals surface area (Å²) in [6.45, 7) is 17.6. The van der Waals surface area contributed by atoms with Gasteiger partial charge in [0, 0.05) is 4.90 Å². The molecule has 2 N–H and O–H groups in total. The molecule has 2 aliphatic rings. The largest absolute Gasteiger partial charge is 0.414 e. The number of aliphatic hydroxyl groups is 2. The molecule has 0 saturated carbocycles. The number of benzene rings is 1. The molecule has 0 amide bonds. The summed E-state index contributed by atoms with van der Waals surface area (Å²) in [5.74, 6) is 0. The first-order valence-electron chi connectivity index (χ1n) is 12.2. The molecule has 2 saturated heterocycles. The van der Waals surface area contributed by atoms with Crippen LogP contribution < -0.4 is 0 Å². The normalized spacial score (nSPS) is 32.1. The van der Waals surface area contributed by atoms with E-state index in [0.29, 0.717) is 0 Å². The predicted molar refractivity (Wildman–Crippen MR) is 137 cm³/mol. The summed E-state index contributed by atoms with van der Waals surface area (Å²) in [5.41, 5.74) is 0.140. The van der Waals surface area contributed by atoms with Crippen LogP contribution in [0.4, 0.5) is 0 Å². The standard InChI is InChI=1S/C24H42O6SSi2/c1-15(2)32(16(3)4)27-14-20-23(29-33(30-32,17(5)6)18(7)8)21(25)22(26)24(28-20)31-19-12-10-9-11-13-19/h9-13,15-18,20-26H,14H2,1-8H3/t20-,21-,22-,23-,24+/m1/s1. The molecular weight excluding hydrogens is 472 g/mol. The van der Waals surface area contributed by atoms with Gasteiger partial charge in [0.15, 0.2) is 0 Å². The third kappa shape index (κ3) is 5.31. The number of aliphatic hydroxyl groups excluding tert-OH is 2. The van der Waals surface area contributed by atoms with Crippen LogP contribution in [0, 0.1) is 0 Å². The van der Waals surface area contributed by atoms with Gasteiger partial charge < -0.3 is 27.9 Å². The SMILES string of the molecule is CC(C)[Si]1(C(C)C)OC[C@H]2O[C@@H](Sc3ccccc3)[C@H](O)[C@@H](O)[C@@H]2O[Si](C(C)C)(C(C)C)O1. The van der Waals surface area contributed by atoms with E-state index in [9.17, 15) is 10.2 Å². The van der Waals surface area contributed by atoms with E-state index >= 15 is 0 Å². The van der Waals surface area contributed by atoms with Gasteiger partial charge in [0.05, 0.1) is 6.61 Å². The van der Waals surface area contributed by atoms with Gasteiger partial charge in [0.2, 0.25) is 0 Å². The molecule has 33 heavy (non-hydrogen) atoms. The zero-order valence-electron chi connectivity index (χ0n) is 21.2. The third-order valence-corrected chi connectivity index (χ3v) is 18.4. The zero-order valence-corrected chi connectivity index (χ0v) is 24.0. The van der Waals surface area contributed by atoms with Crippen molar-refractivity contribution in [1.82, 2.24) is 0 Å². The van der Waals surface area contributed by atoms with Gasteiger partial charge in [-0.25, -0.2) is 0 Å². The second-order valence-corrected chi connectivity index (χ2v) is 20.5. The van der Waals surface area contributed by atoms with E-state index in [2.05, 4.69) is 55.4 Å². The molecule has 2 fully saturated rings. The first-order chi connectivity index (χ1) is 15.4. The van der Waals surface area contributed by atoms with Crippen LogP contribution in [0.2, 0.25) is 22.2 Å². The lowest BCUT2D eigenvalue weighted by Crippen LogP contribution is -2.69. The highest BCUT2D eigenvalue weighted by molar-refractivity contribution is 7.99. The Kier molecular flexibility index (Phi) is 8.95. The number of fused-ring (bicyclic) bond motifs is 1. The van der Waals surface area contributed by atoms with Crippen molar-refractivity contribution >= 4 is 28.9 Å². The van der Waals surface area contributed by atoms with E-state index in [1.54, 1.807) is 0 Å². The Morgan fingerprint density at radius 2 is 1.36 bits per heavy atom. The van der Waals surface area contributed by atoms with Crippen LogP contribution in [-0.2, 0) is 17.7 Å². The lowest BCUT2D eigenvalue weighted by atomic mass is 10.0. The number of hydrogen-bond acceptors (Lipinski definition) is 7. The molecule has 188 valence electrons. The molecule has 0 aliphatic carbocycles. The smallest absolute Gasteiger partial charge is 0.335 e. The van der Waals surface area contributed by atoms with E-state index in [-0.39, 0.29) is 28.8 Å². The lowest BCUT2D eigenvalue weighted by molar-refractivity contribution is -0.207. The first-order valence-corrected chi connectivity index (χ1v) is 17.0. The van der Waals surface area contributed by atoms with Crippen molar-refractivity contribution in [3.63, 3.8) is 0 Å². The Hall–Kier alpha value is -0.236. The minimum absolute atomic E-state index is 0.144. The maximum Gasteiger partial charge on any atom is 0.335 e. The summed E-state index contributed by atoms with van der Waals surface area (Å²) in [7, 11) is -5.56. The molecule has 1 aromatic rings. The minimum atomic E-state index is -2.88. The van der Waals surface area contributed by atoms with Crippen molar-refractivity contribution in [1.29, 1.82) is 0 Å². The second-order valence-electron chi connectivity index (χ2n) is 10.5. The monoisotopic (exact) mass is 514 g/mol. The summed E-state index contributed by atoms with van der Waals surface area (Å²) in [6, 6.07) is 9.80. The highest BCUT2D eigenvalue weighted by atomic mass is 32.2. The molecule has 2 heterocycles. The molecule has 5 atom stereocenters. The van der Waals surface area contributed by atoms with Crippen LogP contribution in [-0.4, -0.2) is 63.8 Å². The quantitative estimate of drug-likeness (QED) is 0.506. The van der Waals surface area contributed by atoms with E-state index < -0.39 is 47.0 Å². The number of ether oxygens (including phenoxy) is 1. The maximum absolute atomic E-state index is 11.2. The van der Waals surface area contributed by atoms with Crippen LogP contribution >= 0.6 is 11.8 Å². The molecule has 0 radical (unpaired) electrons. The van der Waals surface area contributed by atoms with Crippen LogP contribution in [0.25, 0.3) is 0 Å². The fourth-order valence-corrected chi connectivity index (χ4v) is 17.3.